The largest absolute Gasteiger partial charge is 0.461 e. The van der Waals surface area contributed by atoms with Crippen LogP contribution in [0.5, 0.6) is 6.01 Å². The molecule has 5 heterocycles. The number of carbonyl (C=O) groups excluding carboxylic acids is 1. The number of likely N-dealkylation sites (N-methyl/N-ethyl adjacent to an activating group) is 1. The molecular formula is C35H38F4N6O3. The number of alkyl halides is 1. The van der Waals surface area contributed by atoms with Gasteiger partial charge in [-0.2, -0.15) is 9.97 Å². The summed E-state index contributed by atoms with van der Waals surface area (Å²) in [4.78, 5) is 32.1. The third kappa shape index (κ3) is 5.86. The summed E-state index contributed by atoms with van der Waals surface area (Å²) in [5.41, 5.74) is -1.01. The first kappa shape index (κ1) is 32.3. The summed E-state index contributed by atoms with van der Waals surface area (Å²) in [5.74, 6) is -2.49. The van der Waals surface area contributed by atoms with Crippen LogP contribution in [-0.2, 0) is 4.74 Å². The zero-order valence-electron chi connectivity index (χ0n) is 27.4. The number of likely N-dealkylation sites (tertiary alicyclic amines) is 1. The Morgan fingerprint density at radius 3 is 2.67 bits per heavy atom. The van der Waals surface area contributed by atoms with Gasteiger partial charge >= 0.3 is 12.1 Å². The molecule has 7 rings (SSSR count). The highest BCUT2D eigenvalue weighted by Crippen LogP contribution is 2.41. The molecule has 48 heavy (non-hydrogen) atoms. The molecule has 2 aromatic heterocycles. The van der Waals surface area contributed by atoms with Crippen LogP contribution in [0.2, 0.25) is 0 Å². The lowest BCUT2D eigenvalue weighted by Gasteiger charge is -2.31. The number of benzene rings is 2. The van der Waals surface area contributed by atoms with E-state index in [1.54, 1.807) is 23.1 Å². The lowest BCUT2D eigenvalue weighted by molar-refractivity contribution is 0.0292. The lowest BCUT2D eigenvalue weighted by atomic mass is 9.95. The second kappa shape index (κ2) is 12.0. The van der Waals surface area contributed by atoms with E-state index in [4.69, 9.17) is 14.5 Å². The van der Waals surface area contributed by atoms with Crippen molar-refractivity contribution in [1.82, 2.24) is 24.8 Å². The fraction of sp³-hybridized carbons (Fsp3) is 0.486. The highest BCUT2D eigenvalue weighted by Gasteiger charge is 2.49. The molecule has 0 radical (unpaired) electrons. The van der Waals surface area contributed by atoms with Crippen molar-refractivity contribution in [1.29, 1.82) is 0 Å². The SMILES string of the molecule is CN(c1nc(OC[C@@]23CCCN2C[C@H](F)C3)nc2c(F)c(-c3cccc4cc(F)c(F)cc34)ncc12)[C@@H]1CCN(C(=O)OC(C)(C)C)C1. The third-order valence-corrected chi connectivity index (χ3v) is 9.75. The predicted octanol–water partition coefficient (Wildman–Crippen LogP) is 6.66. The van der Waals surface area contributed by atoms with E-state index >= 15 is 4.39 Å². The second-order valence-corrected chi connectivity index (χ2v) is 14.1. The number of pyridine rings is 1. The number of aromatic nitrogens is 3. The van der Waals surface area contributed by atoms with Crippen molar-refractivity contribution in [3.05, 3.63) is 54.0 Å². The number of fused-ring (bicyclic) bond motifs is 3. The average molecular weight is 667 g/mol. The molecule has 254 valence electrons. The van der Waals surface area contributed by atoms with Crippen LogP contribution in [0, 0.1) is 17.5 Å². The molecule has 0 saturated carbocycles. The number of ether oxygens (including phenoxy) is 2. The van der Waals surface area contributed by atoms with Crippen molar-refractivity contribution < 1.29 is 31.8 Å². The highest BCUT2D eigenvalue weighted by molar-refractivity contribution is 5.99. The van der Waals surface area contributed by atoms with Gasteiger partial charge in [0.05, 0.1) is 10.9 Å². The topological polar surface area (TPSA) is 83.9 Å². The molecule has 1 amide bonds. The number of halogens is 4. The van der Waals surface area contributed by atoms with E-state index in [0.717, 1.165) is 31.5 Å². The fourth-order valence-corrected chi connectivity index (χ4v) is 7.39. The predicted molar refractivity (Wildman–Crippen MR) is 173 cm³/mol. The molecule has 4 aromatic rings. The Kier molecular flexibility index (Phi) is 8.08. The molecule has 0 N–H and O–H groups in total. The Hall–Kier alpha value is -4.26. The van der Waals surface area contributed by atoms with Gasteiger partial charge in [0.25, 0.3) is 0 Å². The first-order valence-corrected chi connectivity index (χ1v) is 16.3. The van der Waals surface area contributed by atoms with Crippen LogP contribution in [0.25, 0.3) is 32.9 Å². The zero-order chi connectivity index (χ0) is 34.0. The van der Waals surface area contributed by atoms with Gasteiger partial charge in [-0.15, -0.1) is 0 Å². The van der Waals surface area contributed by atoms with Crippen LogP contribution >= 0.6 is 0 Å². The highest BCUT2D eigenvalue weighted by atomic mass is 19.2. The monoisotopic (exact) mass is 666 g/mol. The minimum absolute atomic E-state index is 0.0657. The Morgan fingerprint density at radius 2 is 1.88 bits per heavy atom. The van der Waals surface area contributed by atoms with Crippen LogP contribution in [-0.4, -0.2) is 94.0 Å². The molecule has 0 aliphatic carbocycles. The first-order chi connectivity index (χ1) is 22.8. The van der Waals surface area contributed by atoms with Gasteiger partial charge in [0.2, 0.25) is 0 Å². The molecule has 13 heteroatoms. The fourth-order valence-electron chi connectivity index (χ4n) is 7.39. The van der Waals surface area contributed by atoms with Crippen molar-refractivity contribution in [3.8, 4) is 17.3 Å². The van der Waals surface area contributed by atoms with E-state index in [1.807, 2.05) is 32.7 Å². The third-order valence-electron chi connectivity index (χ3n) is 9.75. The number of carbonyl (C=O) groups is 1. The van der Waals surface area contributed by atoms with E-state index in [0.29, 0.717) is 54.5 Å². The molecule has 0 bridgehead atoms. The summed E-state index contributed by atoms with van der Waals surface area (Å²) in [6.07, 6.45) is 2.76. The van der Waals surface area contributed by atoms with Crippen molar-refractivity contribution >= 4 is 33.6 Å². The quantitative estimate of drug-likeness (QED) is 0.211. The summed E-state index contributed by atoms with van der Waals surface area (Å²) in [7, 11) is 1.81. The van der Waals surface area contributed by atoms with E-state index in [1.165, 1.54) is 6.20 Å². The van der Waals surface area contributed by atoms with E-state index in [9.17, 15) is 18.0 Å². The number of hydrogen-bond acceptors (Lipinski definition) is 8. The van der Waals surface area contributed by atoms with Crippen molar-refractivity contribution in [3.63, 3.8) is 0 Å². The van der Waals surface area contributed by atoms with Gasteiger partial charge in [0.15, 0.2) is 17.5 Å². The molecule has 3 atom stereocenters. The number of nitrogens with zero attached hydrogens (tertiary/aromatic N) is 6. The molecule has 3 saturated heterocycles. The van der Waals surface area contributed by atoms with E-state index < -0.39 is 40.9 Å². The summed E-state index contributed by atoms with van der Waals surface area (Å²) in [6, 6.07) is 6.66. The second-order valence-electron chi connectivity index (χ2n) is 14.1. The lowest BCUT2D eigenvalue weighted by Crippen LogP contribution is -2.43. The smallest absolute Gasteiger partial charge is 0.410 e. The molecule has 9 nitrogen and oxygen atoms in total. The van der Waals surface area contributed by atoms with Crippen LogP contribution in [0.3, 0.4) is 0 Å². The standard InChI is InChI=1S/C35H38F4N6O3/c1-34(2,3)48-33(46)44-12-9-22(18-44)43(4)31-25-16-40-29(23-8-5-7-20-13-26(37)27(38)14-24(20)23)28(39)30(25)41-32(42-31)47-19-35-10-6-11-45(35)17-21(36)15-35/h5,7-8,13-14,16,21-22H,6,9-12,15,17-19H2,1-4H3/t21-,22-,35+/m1/s1. The minimum Gasteiger partial charge on any atom is -0.461 e. The van der Waals surface area contributed by atoms with Gasteiger partial charge < -0.3 is 19.3 Å². The van der Waals surface area contributed by atoms with Gasteiger partial charge in [-0.3, -0.25) is 9.88 Å². The minimum atomic E-state index is -1.06. The zero-order valence-corrected chi connectivity index (χ0v) is 27.4. The molecule has 2 aromatic carbocycles. The van der Waals surface area contributed by atoms with Crippen molar-refractivity contribution in [2.75, 3.05) is 44.7 Å². The molecule has 0 unspecified atom stereocenters. The Labute approximate surface area is 275 Å². The average Bonchev–Trinajstić information content (AvgIpc) is 3.74. The van der Waals surface area contributed by atoms with Crippen LogP contribution in [0.4, 0.5) is 28.2 Å². The van der Waals surface area contributed by atoms with Gasteiger partial charge in [-0.25, -0.2) is 22.4 Å². The van der Waals surface area contributed by atoms with Gasteiger partial charge in [-0.1, -0.05) is 18.2 Å². The van der Waals surface area contributed by atoms with Gasteiger partial charge in [0, 0.05) is 50.9 Å². The van der Waals surface area contributed by atoms with E-state index in [-0.39, 0.29) is 35.4 Å². The number of hydrogen-bond donors (Lipinski definition) is 0. The molecule has 3 aliphatic rings. The van der Waals surface area contributed by atoms with Crippen molar-refractivity contribution in [2.45, 2.75) is 69.8 Å². The first-order valence-electron chi connectivity index (χ1n) is 16.3. The van der Waals surface area contributed by atoms with Gasteiger partial charge in [-0.05, 0) is 69.5 Å². The molecule has 3 aliphatic heterocycles. The maximum atomic E-state index is 16.7. The molecular weight excluding hydrogens is 628 g/mol. The normalized spacial score (nSPS) is 22.9. The van der Waals surface area contributed by atoms with Crippen LogP contribution < -0.4 is 9.64 Å². The number of amides is 1. The maximum absolute atomic E-state index is 16.7. The summed E-state index contributed by atoms with van der Waals surface area (Å²) >= 11 is 0. The Morgan fingerprint density at radius 1 is 1.08 bits per heavy atom. The van der Waals surface area contributed by atoms with E-state index in [2.05, 4.69) is 14.9 Å². The van der Waals surface area contributed by atoms with Gasteiger partial charge in [0.1, 0.15) is 35.4 Å². The summed E-state index contributed by atoms with van der Waals surface area (Å²) in [5, 5.41) is 0.990. The summed E-state index contributed by atoms with van der Waals surface area (Å²) < 4.78 is 71.3. The number of anilines is 1. The Balaban J connectivity index is 1.28. The van der Waals surface area contributed by atoms with Crippen LogP contribution in [0.15, 0.2) is 36.5 Å². The maximum Gasteiger partial charge on any atom is 0.410 e. The summed E-state index contributed by atoms with van der Waals surface area (Å²) in [6.45, 7) is 7.54. The Bertz CT molecular complexity index is 1900. The van der Waals surface area contributed by atoms with Crippen molar-refractivity contribution in [2.24, 2.45) is 0 Å². The molecule has 0 spiro atoms. The van der Waals surface area contributed by atoms with Crippen LogP contribution in [0.1, 0.15) is 46.5 Å². The molecule has 3 fully saturated rings. The number of rotatable bonds is 6.